The molecule has 0 heterocycles. The molecule has 0 saturated carbocycles. The predicted molar refractivity (Wildman–Crippen MR) is 200 cm³/mol. The summed E-state index contributed by atoms with van der Waals surface area (Å²) < 4.78 is 0. The summed E-state index contributed by atoms with van der Waals surface area (Å²) in [6.07, 6.45) is 27.8. The van der Waals surface area contributed by atoms with E-state index in [1.807, 2.05) is 46.8 Å². The Hall–Kier alpha value is -2.68. The van der Waals surface area contributed by atoms with Gasteiger partial charge in [0.05, 0.1) is 0 Å². The van der Waals surface area contributed by atoms with E-state index in [2.05, 4.69) is 131 Å². The van der Waals surface area contributed by atoms with Crippen molar-refractivity contribution < 1.29 is 0 Å². The highest BCUT2D eigenvalue weighted by molar-refractivity contribution is 7.90. The molecule has 0 bridgehead atoms. The molecule has 3 rings (SSSR count). The highest BCUT2D eigenvalue weighted by Gasteiger charge is 2.13. The van der Waals surface area contributed by atoms with Crippen LogP contribution in [0.25, 0.3) is 26.5 Å². The Bertz CT molecular complexity index is 1320. The van der Waals surface area contributed by atoms with Gasteiger partial charge in [0, 0.05) is 4.91 Å². The van der Waals surface area contributed by atoms with E-state index in [0.717, 1.165) is 29.7 Å². The average molecular weight is 587 g/mol. The van der Waals surface area contributed by atoms with Crippen molar-refractivity contribution in [2.75, 3.05) is 6.26 Å². The monoisotopic (exact) mass is 586 g/mol. The van der Waals surface area contributed by atoms with Crippen molar-refractivity contribution in [3.05, 3.63) is 126 Å². The van der Waals surface area contributed by atoms with E-state index in [4.69, 9.17) is 12.6 Å². The number of aryl methyl sites for hydroxylation is 2. The zero-order valence-electron chi connectivity index (χ0n) is 27.0. The minimum Gasteiger partial charge on any atom is -0.183 e. The van der Waals surface area contributed by atoms with Gasteiger partial charge in [-0.3, -0.25) is 0 Å². The van der Waals surface area contributed by atoms with Gasteiger partial charge in [-0.2, -0.15) is 12.6 Å². The van der Waals surface area contributed by atoms with Crippen molar-refractivity contribution in [1.82, 2.24) is 0 Å². The standard InChI is InChI=1S/C34H38S.2C2H6.CH4S/c1-5-8-12-18-26(4)19-13-10-9-11-14-22-34(35)27-23-24-32-28(7-3)30-20-15-16-21-31(30)29(17-6-2)33(32)25-27;3*1-2/h5,8-16,18-26,35H,6-7,17H2,1-4H3;2*1-2H3;2H,1H3/b8-5-,10-9+,14-11+,18-12-,19-13+,34-22-;;;. The SMILES string of the molecule is C/C=C\C=C/C(C)/C=C/C=C/C=C/C=C(\S)c1ccc2c(CC)c3ccccc3c(CCC)c2c1.CC.CC.CS. The van der Waals surface area contributed by atoms with Gasteiger partial charge in [0.1, 0.15) is 0 Å². The molecule has 222 valence electrons. The molecule has 0 N–H and O–H groups in total. The fraction of sp³-hybridized carbons (Fsp3) is 0.333. The fourth-order valence-electron chi connectivity index (χ4n) is 4.51. The minimum absolute atomic E-state index is 0.416. The second-order valence-electron chi connectivity index (χ2n) is 8.84. The first-order valence-electron chi connectivity index (χ1n) is 15.2. The lowest BCUT2D eigenvalue weighted by Gasteiger charge is -2.17. The molecule has 41 heavy (non-hydrogen) atoms. The molecule has 2 heteroatoms. The maximum absolute atomic E-state index is 4.82. The summed E-state index contributed by atoms with van der Waals surface area (Å²) in [5, 5.41) is 5.53. The van der Waals surface area contributed by atoms with E-state index in [-0.39, 0.29) is 0 Å². The summed E-state index contributed by atoms with van der Waals surface area (Å²) in [7, 11) is 0. The third kappa shape index (κ3) is 12.4. The van der Waals surface area contributed by atoms with Crippen LogP contribution in [-0.4, -0.2) is 6.26 Å². The lowest BCUT2D eigenvalue weighted by atomic mass is 9.88. The lowest BCUT2D eigenvalue weighted by Crippen LogP contribution is -1.96. The first kappa shape index (κ1) is 38.3. The van der Waals surface area contributed by atoms with E-state index >= 15 is 0 Å². The zero-order valence-corrected chi connectivity index (χ0v) is 28.8. The van der Waals surface area contributed by atoms with Gasteiger partial charge in [0.2, 0.25) is 0 Å². The number of benzene rings is 3. The van der Waals surface area contributed by atoms with Crippen LogP contribution in [-0.2, 0) is 12.8 Å². The minimum atomic E-state index is 0.416. The van der Waals surface area contributed by atoms with Crippen molar-refractivity contribution in [3.8, 4) is 0 Å². The van der Waals surface area contributed by atoms with Crippen LogP contribution in [0.15, 0.2) is 109 Å². The highest BCUT2D eigenvalue weighted by Crippen LogP contribution is 2.36. The van der Waals surface area contributed by atoms with E-state index in [1.165, 1.54) is 32.7 Å². The smallest absolute Gasteiger partial charge is 0.0113 e. The largest absolute Gasteiger partial charge is 0.183 e. The lowest BCUT2D eigenvalue weighted by molar-refractivity contribution is 0.936. The molecule has 1 unspecified atom stereocenters. The molecule has 0 aliphatic rings. The van der Waals surface area contributed by atoms with Gasteiger partial charge in [-0.15, -0.1) is 12.6 Å². The summed E-state index contributed by atoms with van der Waals surface area (Å²) in [6.45, 7) is 16.7. The van der Waals surface area contributed by atoms with Gasteiger partial charge in [-0.05, 0) is 82.3 Å². The molecule has 1 atom stereocenters. The second-order valence-corrected chi connectivity index (χ2v) is 9.32. The molecule has 0 saturated heterocycles. The van der Waals surface area contributed by atoms with Gasteiger partial charge < -0.3 is 0 Å². The molecule has 0 aliphatic heterocycles. The Labute approximate surface area is 263 Å². The van der Waals surface area contributed by atoms with Gasteiger partial charge in [0.25, 0.3) is 0 Å². The van der Waals surface area contributed by atoms with E-state index in [9.17, 15) is 0 Å². The van der Waals surface area contributed by atoms with Crippen molar-refractivity contribution in [3.63, 3.8) is 0 Å². The molecule has 3 aromatic rings. The Balaban J connectivity index is 0.00000250. The number of hydrogen-bond acceptors (Lipinski definition) is 2. The quantitative estimate of drug-likeness (QED) is 0.132. The van der Waals surface area contributed by atoms with Crippen molar-refractivity contribution in [1.29, 1.82) is 0 Å². The average Bonchev–Trinajstić information content (AvgIpc) is 3.03. The van der Waals surface area contributed by atoms with Gasteiger partial charge in [0.15, 0.2) is 0 Å². The summed E-state index contributed by atoms with van der Waals surface area (Å²) in [5.74, 6) is 0.416. The van der Waals surface area contributed by atoms with E-state index in [1.54, 1.807) is 6.26 Å². The second kappa shape index (κ2) is 24.0. The Morgan fingerprint density at radius 1 is 0.707 bits per heavy atom. The first-order valence-corrected chi connectivity index (χ1v) is 16.6. The van der Waals surface area contributed by atoms with Crippen LogP contribution < -0.4 is 0 Å². The molecule has 3 aromatic carbocycles. The maximum atomic E-state index is 4.82. The third-order valence-corrected chi connectivity index (χ3v) is 6.64. The molecule has 0 amide bonds. The number of thiol groups is 2. The van der Waals surface area contributed by atoms with Crippen LogP contribution in [0.4, 0.5) is 0 Å². The molecule has 0 aliphatic carbocycles. The van der Waals surface area contributed by atoms with Crippen molar-refractivity contribution >= 4 is 51.7 Å². The Kier molecular flexibility index (Phi) is 22.4. The van der Waals surface area contributed by atoms with E-state index in [0.29, 0.717) is 5.92 Å². The Morgan fingerprint density at radius 3 is 1.83 bits per heavy atom. The number of fused-ring (bicyclic) bond motifs is 2. The number of hydrogen-bond donors (Lipinski definition) is 2. The van der Waals surface area contributed by atoms with Crippen LogP contribution in [0.5, 0.6) is 0 Å². The molecule has 0 fully saturated rings. The van der Waals surface area contributed by atoms with Crippen LogP contribution in [0.3, 0.4) is 0 Å². The van der Waals surface area contributed by atoms with Crippen molar-refractivity contribution in [2.24, 2.45) is 5.92 Å². The van der Waals surface area contributed by atoms with Crippen LogP contribution in [0.1, 0.15) is 78.5 Å². The van der Waals surface area contributed by atoms with Gasteiger partial charge >= 0.3 is 0 Å². The summed E-state index contributed by atoms with van der Waals surface area (Å²) in [5.41, 5.74) is 4.06. The molecule has 0 aromatic heterocycles. The van der Waals surface area contributed by atoms with Gasteiger partial charge in [-0.1, -0.05) is 152 Å². The molecule has 0 nitrogen and oxygen atoms in total. The fourth-order valence-corrected chi connectivity index (χ4v) is 4.73. The molecule has 0 radical (unpaired) electrons. The molecule has 0 spiro atoms. The maximum Gasteiger partial charge on any atom is 0.0113 e. The van der Waals surface area contributed by atoms with Crippen LogP contribution in [0, 0.1) is 5.92 Å². The number of allylic oxidation sites excluding steroid dienone is 11. The van der Waals surface area contributed by atoms with Crippen LogP contribution in [0.2, 0.25) is 0 Å². The summed E-state index contributed by atoms with van der Waals surface area (Å²) >= 11 is 8.35. The van der Waals surface area contributed by atoms with Crippen molar-refractivity contribution in [2.45, 2.75) is 74.7 Å². The summed E-state index contributed by atoms with van der Waals surface area (Å²) in [6, 6.07) is 15.7. The zero-order chi connectivity index (χ0) is 31.0. The molecular formula is C39H54S2. The first-order chi connectivity index (χ1) is 20.1. The molecular weight excluding hydrogens is 533 g/mol. The van der Waals surface area contributed by atoms with Gasteiger partial charge in [-0.25, -0.2) is 0 Å². The third-order valence-electron chi connectivity index (χ3n) is 6.23. The van der Waals surface area contributed by atoms with Crippen LogP contribution >= 0.6 is 25.3 Å². The highest BCUT2D eigenvalue weighted by atomic mass is 32.1. The summed E-state index contributed by atoms with van der Waals surface area (Å²) in [4.78, 5) is 0.975. The predicted octanol–water partition coefficient (Wildman–Crippen LogP) is 12.8. The normalized spacial score (nSPS) is 12.6. The Morgan fingerprint density at radius 2 is 1.24 bits per heavy atom. The number of rotatable bonds is 10. The van der Waals surface area contributed by atoms with E-state index < -0.39 is 0 Å². The topological polar surface area (TPSA) is 0 Å².